The quantitative estimate of drug-likeness (QED) is 0.385. The highest BCUT2D eigenvalue weighted by molar-refractivity contribution is 5.92. The molecule has 0 radical (unpaired) electrons. The molecule has 10 heteroatoms. The van der Waals surface area contributed by atoms with Crippen LogP contribution < -0.4 is 10.1 Å². The summed E-state index contributed by atoms with van der Waals surface area (Å²) in [6.45, 7) is 4.34. The number of nitrogens with zero attached hydrogens (tertiary/aromatic N) is 6. The molecule has 0 bridgehead atoms. The van der Waals surface area contributed by atoms with Gasteiger partial charge in [-0.1, -0.05) is 12.1 Å². The lowest BCUT2D eigenvalue weighted by Crippen LogP contribution is -2.17. The number of amides is 1. The fourth-order valence-corrected chi connectivity index (χ4v) is 3.76. The van der Waals surface area contributed by atoms with Gasteiger partial charge < -0.3 is 10.1 Å². The van der Waals surface area contributed by atoms with Crippen LogP contribution in [0.1, 0.15) is 18.2 Å². The van der Waals surface area contributed by atoms with Crippen molar-refractivity contribution in [1.82, 2.24) is 29.5 Å². The van der Waals surface area contributed by atoms with E-state index in [1.807, 2.05) is 38.1 Å². The van der Waals surface area contributed by atoms with E-state index in [1.165, 1.54) is 18.5 Å². The predicted octanol–water partition coefficient (Wildman–Crippen LogP) is 4.03. The number of anilines is 1. The topological polar surface area (TPSA) is 99.8 Å². The maximum Gasteiger partial charge on any atom is 0.229 e. The van der Waals surface area contributed by atoms with Crippen molar-refractivity contribution >= 4 is 22.8 Å². The Morgan fingerprint density at radius 1 is 1.06 bits per heavy atom. The van der Waals surface area contributed by atoms with E-state index in [0.29, 0.717) is 40.7 Å². The van der Waals surface area contributed by atoms with Crippen molar-refractivity contribution in [2.75, 3.05) is 11.9 Å². The van der Waals surface area contributed by atoms with Crippen molar-refractivity contribution < 1.29 is 13.9 Å². The molecule has 1 N–H and O–H groups in total. The van der Waals surface area contributed by atoms with E-state index >= 15 is 0 Å². The Morgan fingerprint density at radius 2 is 1.83 bits per heavy atom. The second kappa shape index (κ2) is 9.34. The molecule has 5 aromatic rings. The molecule has 5 rings (SSSR count). The zero-order chi connectivity index (χ0) is 24.4. The molecule has 0 aliphatic rings. The highest BCUT2D eigenvalue weighted by atomic mass is 19.1. The van der Waals surface area contributed by atoms with Gasteiger partial charge in [0.1, 0.15) is 23.7 Å². The lowest BCUT2D eigenvalue weighted by atomic mass is 10.1. The van der Waals surface area contributed by atoms with E-state index in [-0.39, 0.29) is 18.1 Å². The smallest absolute Gasteiger partial charge is 0.229 e. The molecule has 1 amide bonds. The minimum absolute atomic E-state index is 0.192. The lowest BCUT2D eigenvalue weighted by molar-refractivity contribution is -0.115. The first-order valence-corrected chi connectivity index (χ1v) is 11.0. The lowest BCUT2D eigenvalue weighted by Gasteiger charge is -2.10. The van der Waals surface area contributed by atoms with E-state index in [2.05, 4.69) is 25.5 Å². The van der Waals surface area contributed by atoms with E-state index in [9.17, 15) is 9.18 Å². The van der Waals surface area contributed by atoms with Crippen LogP contribution in [0.2, 0.25) is 0 Å². The second-order valence-electron chi connectivity index (χ2n) is 7.85. The van der Waals surface area contributed by atoms with Gasteiger partial charge in [-0.05, 0) is 55.8 Å². The zero-order valence-electron chi connectivity index (χ0n) is 19.1. The van der Waals surface area contributed by atoms with Gasteiger partial charge in [-0.3, -0.25) is 4.79 Å². The molecule has 0 atom stereocenters. The number of benzene rings is 2. The fourth-order valence-electron chi connectivity index (χ4n) is 3.76. The van der Waals surface area contributed by atoms with Gasteiger partial charge in [0.2, 0.25) is 5.91 Å². The molecule has 0 saturated heterocycles. The molecule has 0 aliphatic heterocycles. The second-order valence-corrected chi connectivity index (χ2v) is 7.85. The largest absolute Gasteiger partial charge is 0.494 e. The summed E-state index contributed by atoms with van der Waals surface area (Å²) < 4.78 is 22.0. The van der Waals surface area contributed by atoms with Crippen molar-refractivity contribution in [3.8, 4) is 17.3 Å². The Labute approximate surface area is 200 Å². The SMILES string of the molecule is CCOc1ccc(CC(=O)Nc2cc(C)nn2-c2ncnc3c2cnn3-c2ccc(F)cc2)cc1. The summed E-state index contributed by atoms with van der Waals surface area (Å²) in [4.78, 5) is 21.6. The molecule has 3 aromatic heterocycles. The van der Waals surface area contributed by atoms with Crippen molar-refractivity contribution in [1.29, 1.82) is 0 Å². The molecule has 0 spiro atoms. The van der Waals surface area contributed by atoms with Gasteiger partial charge in [-0.2, -0.15) is 14.9 Å². The standard InChI is InChI=1S/C25H22FN7O2/c1-3-35-20-10-4-17(5-11-20)13-23(34)30-22-12-16(2)31-33(22)25-21-14-29-32(24(21)27-15-28-25)19-8-6-18(26)7-9-19/h4-12,14-15H,3,13H2,1-2H3,(H,30,34). The number of rotatable bonds is 7. The van der Waals surface area contributed by atoms with Crippen molar-refractivity contribution in [3.05, 3.63) is 84.2 Å². The van der Waals surface area contributed by atoms with E-state index in [4.69, 9.17) is 4.74 Å². The van der Waals surface area contributed by atoms with Gasteiger partial charge in [0.15, 0.2) is 11.5 Å². The molecule has 3 heterocycles. The number of fused-ring (bicyclic) bond motifs is 1. The van der Waals surface area contributed by atoms with Crippen molar-refractivity contribution in [2.24, 2.45) is 0 Å². The van der Waals surface area contributed by atoms with Crippen LogP contribution in [0, 0.1) is 12.7 Å². The maximum atomic E-state index is 13.4. The summed E-state index contributed by atoms with van der Waals surface area (Å²) in [6.07, 6.45) is 3.22. The number of halogens is 1. The Kier molecular flexibility index (Phi) is 5.92. The monoisotopic (exact) mass is 471 g/mol. The van der Waals surface area contributed by atoms with E-state index < -0.39 is 0 Å². The predicted molar refractivity (Wildman–Crippen MR) is 128 cm³/mol. The van der Waals surface area contributed by atoms with Gasteiger partial charge in [0.25, 0.3) is 0 Å². The number of aryl methyl sites for hydroxylation is 1. The molecular formula is C25H22FN7O2. The van der Waals surface area contributed by atoms with Gasteiger partial charge in [0, 0.05) is 6.07 Å². The van der Waals surface area contributed by atoms with Crippen LogP contribution in [0.3, 0.4) is 0 Å². The van der Waals surface area contributed by atoms with Gasteiger partial charge in [0.05, 0.1) is 36.0 Å². The first-order chi connectivity index (χ1) is 17.0. The van der Waals surface area contributed by atoms with Crippen LogP contribution in [0.4, 0.5) is 10.2 Å². The van der Waals surface area contributed by atoms with E-state index in [1.54, 1.807) is 33.8 Å². The van der Waals surface area contributed by atoms with Gasteiger partial charge in [-0.25, -0.2) is 19.0 Å². The number of hydrogen-bond donors (Lipinski definition) is 1. The Morgan fingerprint density at radius 3 is 2.57 bits per heavy atom. The third kappa shape index (κ3) is 4.58. The molecule has 0 unspecified atom stereocenters. The van der Waals surface area contributed by atoms with Crippen molar-refractivity contribution in [2.45, 2.75) is 20.3 Å². The number of nitrogens with one attached hydrogen (secondary N) is 1. The summed E-state index contributed by atoms with van der Waals surface area (Å²) >= 11 is 0. The summed E-state index contributed by atoms with van der Waals surface area (Å²) in [6, 6.07) is 15.2. The number of hydrogen-bond acceptors (Lipinski definition) is 6. The normalized spacial score (nSPS) is 11.1. The minimum Gasteiger partial charge on any atom is -0.494 e. The van der Waals surface area contributed by atoms with Crippen LogP contribution in [-0.2, 0) is 11.2 Å². The Balaban J connectivity index is 1.43. The molecule has 176 valence electrons. The number of aromatic nitrogens is 6. The molecule has 9 nitrogen and oxygen atoms in total. The highest BCUT2D eigenvalue weighted by Crippen LogP contribution is 2.24. The summed E-state index contributed by atoms with van der Waals surface area (Å²) in [7, 11) is 0. The van der Waals surface area contributed by atoms with Crippen molar-refractivity contribution in [3.63, 3.8) is 0 Å². The highest BCUT2D eigenvalue weighted by Gasteiger charge is 2.18. The summed E-state index contributed by atoms with van der Waals surface area (Å²) in [5.41, 5.74) is 2.76. The molecule has 0 saturated carbocycles. The first-order valence-electron chi connectivity index (χ1n) is 11.0. The number of ether oxygens (including phenoxy) is 1. The van der Waals surface area contributed by atoms with Crippen LogP contribution in [-0.4, -0.2) is 42.0 Å². The van der Waals surface area contributed by atoms with E-state index in [0.717, 1.165) is 11.3 Å². The minimum atomic E-state index is -0.335. The van der Waals surface area contributed by atoms with Crippen LogP contribution >= 0.6 is 0 Å². The van der Waals surface area contributed by atoms with Crippen LogP contribution in [0.25, 0.3) is 22.5 Å². The summed E-state index contributed by atoms with van der Waals surface area (Å²) in [5, 5.41) is 12.5. The van der Waals surface area contributed by atoms with Crippen LogP contribution in [0.15, 0.2) is 67.1 Å². The third-order valence-electron chi connectivity index (χ3n) is 5.31. The third-order valence-corrected chi connectivity index (χ3v) is 5.31. The molecular weight excluding hydrogens is 449 g/mol. The molecule has 35 heavy (non-hydrogen) atoms. The fraction of sp³-hybridized carbons (Fsp3) is 0.160. The average molecular weight is 471 g/mol. The first kappa shape index (κ1) is 22.2. The molecule has 0 aliphatic carbocycles. The van der Waals surface area contributed by atoms with Gasteiger partial charge >= 0.3 is 0 Å². The average Bonchev–Trinajstić information content (AvgIpc) is 3.44. The zero-order valence-corrected chi connectivity index (χ0v) is 19.1. The van der Waals surface area contributed by atoms with Crippen LogP contribution in [0.5, 0.6) is 5.75 Å². The maximum absolute atomic E-state index is 13.4. The Bertz CT molecular complexity index is 1490. The summed E-state index contributed by atoms with van der Waals surface area (Å²) in [5.74, 6) is 1.18. The number of carbonyl (C=O) groups excluding carboxylic acids is 1. The number of carbonyl (C=O) groups is 1. The molecule has 2 aromatic carbocycles. The molecule has 0 fully saturated rings. The van der Waals surface area contributed by atoms with Gasteiger partial charge in [-0.15, -0.1) is 0 Å². The Hall–Kier alpha value is -4.60.